The lowest BCUT2D eigenvalue weighted by molar-refractivity contribution is -0.121. The monoisotopic (exact) mass is 256 g/mol. The number of carbonyl (C=O) groups excluding carboxylic acids is 2. The predicted molar refractivity (Wildman–Crippen MR) is 70.1 cm³/mol. The van der Waals surface area contributed by atoms with Crippen molar-refractivity contribution in [2.45, 2.75) is 26.2 Å². The third-order valence-corrected chi connectivity index (χ3v) is 3.20. The van der Waals surface area contributed by atoms with E-state index < -0.39 is 6.03 Å². The highest BCUT2D eigenvalue weighted by atomic mass is 16.2. The Morgan fingerprint density at radius 2 is 2.00 bits per heavy atom. The van der Waals surface area contributed by atoms with E-state index in [1.54, 1.807) is 0 Å². The average Bonchev–Trinajstić information content (AvgIpc) is 2.37. The zero-order valence-corrected chi connectivity index (χ0v) is 11.1. The fourth-order valence-electron chi connectivity index (χ4n) is 2.03. The van der Waals surface area contributed by atoms with E-state index in [-0.39, 0.29) is 12.5 Å². The number of likely N-dealkylation sites (tertiary alicyclic amines) is 1. The Morgan fingerprint density at radius 1 is 1.33 bits per heavy atom. The minimum Gasteiger partial charge on any atom is -0.338 e. The van der Waals surface area contributed by atoms with Gasteiger partial charge in [-0.2, -0.15) is 0 Å². The van der Waals surface area contributed by atoms with Gasteiger partial charge in [-0.15, -0.1) is 0 Å². The van der Waals surface area contributed by atoms with Crippen molar-refractivity contribution in [3.05, 3.63) is 0 Å². The number of nitrogens with zero attached hydrogens (tertiary/aromatic N) is 1. The molecular formula is C12H24N4O2. The Bertz CT molecular complexity index is 275. The summed E-state index contributed by atoms with van der Waals surface area (Å²) in [5, 5.41) is 4.94. The van der Waals surface area contributed by atoms with Crippen molar-refractivity contribution in [2.75, 3.05) is 32.7 Å². The second kappa shape index (κ2) is 8.05. The van der Waals surface area contributed by atoms with Gasteiger partial charge in [0.05, 0.1) is 6.54 Å². The number of nitrogens with one attached hydrogen (secondary N) is 2. The van der Waals surface area contributed by atoms with Gasteiger partial charge in [-0.1, -0.05) is 6.92 Å². The van der Waals surface area contributed by atoms with Crippen molar-refractivity contribution >= 4 is 11.9 Å². The zero-order valence-electron chi connectivity index (χ0n) is 11.1. The topological polar surface area (TPSA) is 87.5 Å². The van der Waals surface area contributed by atoms with E-state index in [0.717, 1.165) is 38.9 Å². The van der Waals surface area contributed by atoms with E-state index in [1.807, 2.05) is 6.92 Å². The third kappa shape index (κ3) is 5.46. The van der Waals surface area contributed by atoms with Gasteiger partial charge in [0.1, 0.15) is 0 Å². The van der Waals surface area contributed by atoms with E-state index >= 15 is 0 Å². The van der Waals surface area contributed by atoms with Crippen LogP contribution in [-0.2, 0) is 4.79 Å². The molecule has 0 atom stereocenters. The molecule has 1 rings (SSSR count). The summed E-state index contributed by atoms with van der Waals surface area (Å²) in [6.07, 6.45) is 2.92. The molecule has 1 aliphatic heterocycles. The van der Waals surface area contributed by atoms with Crippen molar-refractivity contribution in [3.8, 4) is 0 Å². The van der Waals surface area contributed by atoms with Crippen molar-refractivity contribution in [3.63, 3.8) is 0 Å². The number of imide groups is 1. The number of piperidine rings is 1. The molecule has 3 amide bonds. The number of amides is 3. The molecule has 4 N–H and O–H groups in total. The van der Waals surface area contributed by atoms with Gasteiger partial charge in [0.2, 0.25) is 5.91 Å². The highest BCUT2D eigenvalue weighted by Gasteiger charge is 2.20. The van der Waals surface area contributed by atoms with Crippen molar-refractivity contribution < 1.29 is 9.59 Å². The third-order valence-electron chi connectivity index (χ3n) is 3.20. The number of nitrogens with two attached hydrogens (primary N) is 1. The Kier molecular flexibility index (Phi) is 6.67. The highest BCUT2D eigenvalue weighted by molar-refractivity contribution is 5.95. The smallest absolute Gasteiger partial charge is 0.321 e. The fourth-order valence-corrected chi connectivity index (χ4v) is 2.03. The predicted octanol–water partition coefficient (Wildman–Crippen LogP) is -0.107. The highest BCUT2D eigenvalue weighted by Crippen LogP contribution is 2.14. The van der Waals surface area contributed by atoms with Crippen LogP contribution in [0.3, 0.4) is 0 Å². The number of hydrogen-bond donors (Lipinski definition) is 3. The molecule has 0 saturated carbocycles. The van der Waals surface area contributed by atoms with Gasteiger partial charge < -0.3 is 11.1 Å². The van der Waals surface area contributed by atoms with Gasteiger partial charge >= 0.3 is 6.03 Å². The van der Waals surface area contributed by atoms with Crippen LogP contribution in [0.15, 0.2) is 0 Å². The summed E-state index contributed by atoms with van der Waals surface area (Å²) in [5.41, 5.74) is 5.61. The number of rotatable bonds is 5. The van der Waals surface area contributed by atoms with E-state index in [0.29, 0.717) is 12.5 Å². The standard InChI is InChI=1S/C12H24N4O2/c1-2-5-14-12(18)15-11(17)9-16-6-3-10(8-13)4-7-16/h10H,2-9,13H2,1H3,(H2,14,15,17,18). The van der Waals surface area contributed by atoms with Crippen LogP contribution in [-0.4, -0.2) is 49.6 Å². The summed E-state index contributed by atoms with van der Waals surface area (Å²) in [6, 6.07) is -0.404. The first kappa shape index (κ1) is 14.9. The molecule has 0 aliphatic carbocycles. The molecular weight excluding hydrogens is 232 g/mol. The van der Waals surface area contributed by atoms with Crippen LogP contribution in [0.1, 0.15) is 26.2 Å². The maximum Gasteiger partial charge on any atom is 0.321 e. The largest absolute Gasteiger partial charge is 0.338 e. The molecule has 6 nitrogen and oxygen atoms in total. The van der Waals surface area contributed by atoms with Crippen LogP contribution in [0.4, 0.5) is 4.79 Å². The van der Waals surface area contributed by atoms with Crippen molar-refractivity contribution in [1.29, 1.82) is 0 Å². The summed E-state index contributed by atoms with van der Waals surface area (Å²) in [6.45, 7) is 5.32. The first-order chi connectivity index (χ1) is 8.65. The SMILES string of the molecule is CCCNC(=O)NC(=O)CN1CCC(CN)CC1. The maximum atomic E-state index is 11.6. The number of urea groups is 1. The van der Waals surface area contributed by atoms with E-state index in [2.05, 4.69) is 15.5 Å². The van der Waals surface area contributed by atoms with Crippen LogP contribution >= 0.6 is 0 Å². The van der Waals surface area contributed by atoms with Crippen LogP contribution < -0.4 is 16.4 Å². The first-order valence-corrected chi connectivity index (χ1v) is 6.65. The first-order valence-electron chi connectivity index (χ1n) is 6.65. The minimum absolute atomic E-state index is 0.241. The van der Waals surface area contributed by atoms with E-state index in [9.17, 15) is 9.59 Å². The Labute approximate surface area is 108 Å². The summed E-state index contributed by atoms with van der Waals surface area (Å²) >= 11 is 0. The minimum atomic E-state index is -0.404. The number of carbonyl (C=O) groups is 2. The summed E-state index contributed by atoms with van der Waals surface area (Å²) < 4.78 is 0. The molecule has 0 radical (unpaired) electrons. The lowest BCUT2D eigenvalue weighted by atomic mass is 9.97. The summed E-state index contributed by atoms with van der Waals surface area (Å²) in [4.78, 5) is 24.9. The van der Waals surface area contributed by atoms with Crippen LogP contribution in [0, 0.1) is 5.92 Å². The molecule has 1 fully saturated rings. The molecule has 0 aromatic heterocycles. The average molecular weight is 256 g/mol. The lowest BCUT2D eigenvalue weighted by Crippen LogP contribution is -2.46. The van der Waals surface area contributed by atoms with Gasteiger partial charge in [-0.3, -0.25) is 15.0 Å². The summed E-state index contributed by atoms with van der Waals surface area (Å²) in [5.74, 6) is 0.340. The molecule has 0 bridgehead atoms. The van der Waals surface area contributed by atoms with Crippen LogP contribution in [0.5, 0.6) is 0 Å². The second-order valence-corrected chi connectivity index (χ2v) is 4.76. The molecule has 0 aromatic rings. The molecule has 1 heterocycles. The van der Waals surface area contributed by atoms with E-state index in [1.165, 1.54) is 0 Å². The molecule has 0 aromatic carbocycles. The van der Waals surface area contributed by atoms with Gasteiger partial charge in [-0.05, 0) is 44.8 Å². The quantitative estimate of drug-likeness (QED) is 0.640. The van der Waals surface area contributed by atoms with Crippen molar-refractivity contribution in [2.24, 2.45) is 11.7 Å². The van der Waals surface area contributed by atoms with Gasteiger partial charge in [0, 0.05) is 6.54 Å². The fraction of sp³-hybridized carbons (Fsp3) is 0.833. The zero-order chi connectivity index (χ0) is 13.4. The van der Waals surface area contributed by atoms with Gasteiger partial charge in [0.15, 0.2) is 0 Å². The Morgan fingerprint density at radius 3 is 2.56 bits per heavy atom. The molecule has 104 valence electrons. The maximum absolute atomic E-state index is 11.6. The normalized spacial score (nSPS) is 17.4. The van der Waals surface area contributed by atoms with Crippen LogP contribution in [0.25, 0.3) is 0 Å². The molecule has 0 spiro atoms. The molecule has 1 aliphatic rings. The van der Waals surface area contributed by atoms with Crippen LogP contribution in [0.2, 0.25) is 0 Å². The summed E-state index contributed by atoms with van der Waals surface area (Å²) in [7, 11) is 0. The van der Waals surface area contributed by atoms with E-state index in [4.69, 9.17) is 5.73 Å². The van der Waals surface area contributed by atoms with Gasteiger partial charge in [0.25, 0.3) is 0 Å². The molecule has 18 heavy (non-hydrogen) atoms. The Hall–Kier alpha value is -1.14. The van der Waals surface area contributed by atoms with Gasteiger partial charge in [-0.25, -0.2) is 4.79 Å². The number of hydrogen-bond acceptors (Lipinski definition) is 4. The second-order valence-electron chi connectivity index (χ2n) is 4.76. The van der Waals surface area contributed by atoms with Crippen molar-refractivity contribution in [1.82, 2.24) is 15.5 Å². The lowest BCUT2D eigenvalue weighted by Gasteiger charge is -2.30. The molecule has 0 unspecified atom stereocenters. The molecule has 6 heteroatoms. The Balaban J connectivity index is 2.18. The molecule has 1 saturated heterocycles.